The highest BCUT2D eigenvalue weighted by atomic mass is 32.1. The van der Waals surface area contributed by atoms with E-state index >= 15 is 0 Å². The number of thiocarbonyl (C=S) groups is 1. The van der Waals surface area contributed by atoms with Gasteiger partial charge in [0.05, 0.1) is 11.7 Å². The summed E-state index contributed by atoms with van der Waals surface area (Å²) in [6, 6.07) is 18.9. The maximum atomic E-state index is 5.75. The minimum absolute atomic E-state index is 0.00409. The van der Waals surface area contributed by atoms with E-state index in [-0.39, 0.29) is 12.1 Å². The van der Waals surface area contributed by atoms with Crippen molar-refractivity contribution in [3.8, 4) is 0 Å². The Morgan fingerprint density at radius 2 is 2.00 bits per heavy atom. The molecule has 1 fully saturated rings. The third kappa shape index (κ3) is 2.88. The first-order valence-corrected chi connectivity index (χ1v) is 9.32. The number of nitrogens with zero attached hydrogens (tertiary/aromatic N) is 3. The fourth-order valence-electron chi connectivity index (χ4n) is 3.70. The van der Waals surface area contributed by atoms with Gasteiger partial charge in [0.1, 0.15) is 6.04 Å². The molecule has 2 atom stereocenters. The number of nitrogens with one attached hydrogen (secondary N) is 1. The Morgan fingerprint density at radius 3 is 2.73 bits per heavy atom. The zero-order valence-corrected chi connectivity index (χ0v) is 15.8. The molecular formula is C21H22N4S. The van der Waals surface area contributed by atoms with E-state index < -0.39 is 0 Å². The molecule has 4 nitrogen and oxygen atoms in total. The predicted octanol–water partition coefficient (Wildman–Crippen LogP) is 4.39. The fraction of sp³-hybridized carbons (Fsp3) is 0.238. The molecule has 1 N–H and O–H groups in total. The molecule has 0 saturated carbocycles. The van der Waals surface area contributed by atoms with Gasteiger partial charge in [0.15, 0.2) is 5.11 Å². The highest BCUT2D eigenvalue weighted by molar-refractivity contribution is 7.80. The molecule has 3 aromatic rings. The van der Waals surface area contributed by atoms with Crippen LogP contribution >= 0.6 is 12.2 Å². The van der Waals surface area contributed by atoms with Crippen LogP contribution < -0.4 is 10.2 Å². The van der Waals surface area contributed by atoms with Crippen molar-refractivity contribution in [2.45, 2.75) is 32.5 Å². The van der Waals surface area contributed by atoms with Crippen molar-refractivity contribution in [1.82, 2.24) is 14.9 Å². The highest BCUT2D eigenvalue weighted by Crippen LogP contribution is 2.41. The van der Waals surface area contributed by atoms with E-state index in [1.807, 2.05) is 18.3 Å². The normalized spacial score (nSPS) is 19.6. The number of rotatable bonds is 4. The first-order valence-electron chi connectivity index (χ1n) is 8.91. The van der Waals surface area contributed by atoms with Crippen molar-refractivity contribution >= 4 is 23.0 Å². The largest absolute Gasteiger partial charge is 0.351 e. The molecule has 1 aliphatic rings. The van der Waals surface area contributed by atoms with Gasteiger partial charge in [0.25, 0.3) is 0 Å². The third-order valence-corrected chi connectivity index (χ3v) is 5.20. The summed E-state index contributed by atoms with van der Waals surface area (Å²) >= 11 is 5.75. The van der Waals surface area contributed by atoms with Crippen LogP contribution in [0.4, 0.5) is 5.69 Å². The number of aryl methyl sites for hydroxylation is 2. The van der Waals surface area contributed by atoms with Gasteiger partial charge in [0.2, 0.25) is 0 Å². The molecule has 1 saturated heterocycles. The van der Waals surface area contributed by atoms with Crippen LogP contribution in [0.1, 0.15) is 36.0 Å². The van der Waals surface area contributed by atoms with Crippen molar-refractivity contribution < 1.29 is 0 Å². The van der Waals surface area contributed by atoms with Gasteiger partial charge in [-0.15, -0.1) is 0 Å². The van der Waals surface area contributed by atoms with Crippen molar-refractivity contribution in [1.29, 1.82) is 0 Å². The number of anilines is 1. The minimum atomic E-state index is 0.00409. The van der Waals surface area contributed by atoms with Gasteiger partial charge in [-0.05, 0) is 68.0 Å². The van der Waals surface area contributed by atoms with Crippen LogP contribution in [0.15, 0.2) is 67.0 Å². The van der Waals surface area contributed by atoms with Gasteiger partial charge in [0, 0.05) is 30.3 Å². The summed E-state index contributed by atoms with van der Waals surface area (Å²) < 4.78 is 2.28. The number of benzene rings is 1. The maximum absolute atomic E-state index is 5.75. The Morgan fingerprint density at radius 1 is 1.12 bits per heavy atom. The van der Waals surface area contributed by atoms with Crippen LogP contribution in [0.25, 0.3) is 0 Å². The van der Waals surface area contributed by atoms with Crippen molar-refractivity contribution in [2.24, 2.45) is 0 Å². The van der Waals surface area contributed by atoms with Crippen LogP contribution in [-0.2, 0) is 6.54 Å². The van der Waals surface area contributed by atoms with Gasteiger partial charge >= 0.3 is 0 Å². The van der Waals surface area contributed by atoms with Gasteiger partial charge < -0.3 is 14.8 Å². The number of hydrogen-bond acceptors (Lipinski definition) is 2. The third-order valence-electron chi connectivity index (χ3n) is 4.89. The Hall–Kier alpha value is -2.66. The summed E-state index contributed by atoms with van der Waals surface area (Å²) in [6.45, 7) is 5.19. The Balaban J connectivity index is 1.85. The van der Waals surface area contributed by atoms with Crippen molar-refractivity contribution in [3.05, 3.63) is 83.9 Å². The molecule has 0 radical (unpaired) electrons. The summed E-state index contributed by atoms with van der Waals surface area (Å²) in [5.74, 6) is 0. The average molecular weight is 363 g/mol. The van der Waals surface area contributed by atoms with Gasteiger partial charge in [-0.3, -0.25) is 4.98 Å². The molecule has 0 amide bonds. The summed E-state index contributed by atoms with van der Waals surface area (Å²) in [4.78, 5) is 6.82. The Labute approximate surface area is 159 Å². The van der Waals surface area contributed by atoms with Crippen molar-refractivity contribution in [3.63, 3.8) is 0 Å². The van der Waals surface area contributed by atoms with Crippen LogP contribution in [0.5, 0.6) is 0 Å². The predicted molar refractivity (Wildman–Crippen MR) is 109 cm³/mol. The van der Waals surface area contributed by atoms with E-state index in [1.165, 1.54) is 11.3 Å². The molecule has 0 unspecified atom stereocenters. The van der Waals surface area contributed by atoms with E-state index in [4.69, 9.17) is 12.2 Å². The lowest BCUT2D eigenvalue weighted by Crippen LogP contribution is -2.30. The summed E-state index contributed by atoms with van der Waals surface area (Å²) in [6.07, 6.45) is 3.96. The molecule has 5 heteroatoms. The molecule has 1 aliphatic heterocycles. The highest BCUT2D eigenvalue weighted by Gasteiger charge is 2.41. The van der Waals surface area contributed by atoms with E-state index in [2.05, 4.69) is 82.3 Å². The molecule has 0 aliphatic carbocycles. The van der Waals surface area contributed by atoms with Crippen LogP contribution in [0, 0.1) is 6.92 Å². The molecule has 3 heterocycles. The maximum Gasteiger partial charge on any atom is 0.174 e. The van der Waals surface area contributed by atoms with E-state index in [0.717, 1.165) is 23.0 Å². The zero-order chi connectivity index (χ0) is 18.1. The fourth-order valence-corrected chi connectivity index (χ4v) is 4.04. The minimum Gasteiger partial charge on any atom is -0.351 e. The SMILES string of the molecule is CCn1cccc1[C@@H]1[C@@H](c2ccccn2)NC(=S)N1c1cccc(C)c1. The first-order chi connectivity index (χ1) is 12.7. The van der Waals surface area contributed by atoms with E-state index in [1.54, 1.807) is 0 Å². The number of pyridine rings is 1. The molecule has 4 rings (SSSR count). The second kappa shape index (κ2) is 6.92. The van der Waals surface area contributed by atoms with E-state index in [9.17, 15) is 0 Å². The van der Waals surface area contributed by atoms with Crippen LogP contribution in [0.3, 0.4) is 0 Å². The molecule has 132 valence electrons. The summed E-state index contributed by atoms with van der Waals surface area (Å²) in [5, 5.41) is 4.25. The second-order valence-electron chi connectivity index (χ2n) is 6.55. The lowest BCUT2D eigenvalue weighted by molar-refractivity contribution is 0.529. The van der Waals surface area contributed by atoms with Crippen LogP contribution in [0.2, 0.25) is 0 Å². The quantitative estimate of drug-likeness (QED) is 0.698. The lowest BCUT2D eigenvalue weighted by Gasteiger charge is -2.29. The second-order valence-corrected chi connectivity index (χ2v) is 6.94. The molecule has 0 bridgehead atoms. The Kier molecular flexibility index (Phi) is 4.47. The van der Waals surface area contributed by atoms with Gasteiger partial charge in [-0.25, -0.2) is 0 Å². The molecule has 0 spiro atoms. The topological polar surface area (TPSA) is 33.1 Å². The molecular weight excluding hydrogens is 340 g/mol. The van der Waals surface area contributed by atoms with Crippen LogP contribution in [-0.4, -0.2) is 14.7 Å². The standard InChI is InChI=1S/C21H22N4S/c1-3-24-13-7-11-18(24)20-19(17-10-4-5-12-22-17)23-21(26)25(20)16-9-6-8-15(2)14-16/h4-14,19-20H,3H2,1-2H3,(H,23,26)/t19-,20-/m1/s1. The molecule has 2 aromatic heterocycles. The van der Waals surface area contributed by atoms with Crippen molar-refractivity contribution in [2.75, 3.05) is 4.90 Å². The van der Waals surface area contributed by atoms with Gasteiger partial charge in [-0.2, -0.15) is 0 Å². The molecule has 26 heavy (non-hydrogen) atoms. The monoisotopic (exact) mass is 362 g/mol. The lowest BCUT2D eigenvalue weighted by atomic mass is 10.0. The van der Waals surface area contributed by atoms with E-state index in [0.29, 0.717) is 0 Å². The van der Waals surface area contributed by atoms with Gasteiger partial charge in [-0.1, -0.05) is 18.2 Å². The first kappa shape index (κ1) is 16.8. The summed E-state index contributed by atoms with van der Waals surface area (Å²) in [7, 11) is 0. The molecule has 1 aromatic carbocycles. The summed E-state index contributed by atoms with van der Waals surface area (Å²) in [5.41, 5.74) is 4.56. The zero-order valence-electron chi connectivity index (χ0n) is 15.0. The number of hydrogen-bond donors (Lipinski definition) is 1. The smallest absolute Gasteiger partial charge is 0.174 e. The Bertz CT molecular complexity index is 919. The number of aromatic nitrogens is 2. The average Bonchev–Trinajstić information content (AvgIpc) is 3.26.